The highest BCUT2D eigenvalue weighted by molar-refractivity contribution is 6.33. The number of rotatable bonds is 5. The second-order valence-corrected chi connectivity index (χ2v) is 9.22. The first kappa shape index (κ1) is 20.6. The molecule has 0 saturated heterocycles. The monoisotopic (exact) mass is 369 g/mol. The van der Waals surface area contributed by atoms with Crippen molar-refractivity contribution in [3.8, 4) is 11.1 Å². The summed E-state index contributed by atoms with van der Waals surface area (Å²) >= 11 is 6.74. The van der Waals surface area contributed by atoms with Crippen LogP contribution in [0, 0.1) is 18.3 Å². The lowest BCUT2D eigenvalue weighted by atomic mass is 9.58. The molecule has 0 fully saturated rings. The Hall–Kier alpha value is -1.73. The predicted octanol–water partition coefficient (Wildman–Crippen LogP) is 7.41. The molecule has 2 rings (SSSR count). The smallest absolute Gasteiger partial charge is 0.0507 e. The van der Waals surface area contributed by atoms with E-state index in [1.807, 2.05) is 6.07 Å². The molecule has 0 aliphatic rings. The van der Waals surface area contributed by atoms with Gasteiger partial charge in [-0.2, -0.15) is 0 Å². The van der Waals surface area contributed by atoms with Crippen molar-refractivity contribution >= 4 is 17.3 Å². The standard InChI is InChI=1S/C24H32ClN/c1-8-24(15-16(2)3,23(5,6)7)20-13-19(26)14-21(25)22(20)18-11-9-17(4)10-12-18/h8-14,16H,1,15,26H2,2-7H3. The van der Waals surface area contributed by atoms with Crippen LogP contribution in [0.4, 0.5) is 5.69 Å². The normalized spacial score (nSPS) is 14.3. The SMILES string of the molecule is C=CC(CC(C)C)(c1cc(N)cc(Cl)c1-c1ccc(C)cc1)C(C)(C)C. The summed E-state index contributed by atoms with van der Waals surface area (Å²) in [5.74, 6) is 0.512. The van der Waals surface area contributed by atoms with Gasteiger partial charge in [0.05, 0.1) is 5.02 Å². The Bertz CT molecular complexity index is 781. The van der Waals surface area contributed by atoms with E-state index < -0.39 is 0 Å². The minimum absolute atomic E-state index is 0.0322. The number of hydrogen-bond donors (Lipinski definition) is 1. The van der Waals surface area contributed by atoms with Crippen molar-refractivity contribution in [3.05, 3.63) is 65.2 Å². The largest absolute Gasteiger partial charge is 0.399 e. The van der Waals surface area contributed by atoms with Gasteiger partial charge in [0.25, 0.3) is 0 Å². The lowest BCUT2D eigenvalue weighted by molar-refractivity contribution is 0.201. The molecule has 0 radical (unpaired) electrons. The number of benzene rings is 2. The van der Waals surface area contributed by atoms with Crippen LogP contribution in [0.3, 0.4) is 0 Å². The van der Waals surface area contributed by atoms with Crippen molar-refractivity contribution in [1.82, 2.24) is 0 Å². The molecule has 2 aromatic carbocycles. The molecule has 0 bridgehead atoms. The van der Waals surface area contributed by atoms with Crippen LogP contribution in [0.25, 0.3) is 11.1 Å². The van der Waals surface area contributed by atoms with Crippen LogP contribution in [-0.2, 0) is 5.41 Å². The van der Waals surface area contributed by atoms with Gasteiger partial charge in [-0.15, -0.1) is 6.58 Å². The maximum absolute atomic E-state index is 6.74. The van der Waals surface area contributed by atoms with E-state index in [2.05, 4.69) is 84.5 Å². The minimum atomic E-state index is -0.236. The van der Waals surface area contributed by atoms with Gasteiger partial charge >= 0.3 is 0 Å². The molecule has 2 aromatic rings. The lowest BCUT2D eigenvalue weighted by Gasteiger charge is -2.46. The summed E-state index contributed by atoms with van der Waals surface area (Å²) in [5.41, 5.74) is 11.3. The molecule has 1 nitrogen and oxygen atoms in total. The average molecular weight is 370 g/mol. The zero-order chi connectivity index (χ0) is 19.7. The van der Waals surface area contributed by atoms with Crippen LogP contribution in [0.5, 0.6) is 0 Å². The van der Waals surface area contributed by atoms with E-state index in [-0.39, 0.29) is 10.8 Å². The van der Waals surface area contributed by atoms with Crippen molar-refractivity contribution in [2.45, 2.75) is 53.4 Å². The van der Waals surface area contributed by atoms with Crippen LogP contribution >= 0.6 is 11.6 Å². The van der Waals surface area contributed by atoms with Crippen LogP contribution in [-0.4, -0.2) is 0 Å². The third-order valence-electron chi connectivity index (χ3n) is 5.35. The second-order valence-electron chi connectivity index (χ2n) is 8.81. The fourth-order valence-electron chi connectivity index (χ4n) is 3.96. The van der Waals surface area contributed by atoms with Crippen molar-refractivity contribution in [2.75, 3.05) is 5.73 Å². The molecule has 1 unspecified atom stereocenters. The third kappa shape index (κ3) is 3.83. The van der Waals surface area contributed by atoms with E-state index in [1.165, 1.54) is 11.1 Å². The Kier molecular flexibility index (Phi) is 5.92. The molecule has 26 heavy (non-hydrogen) atoms. The van der Waals surface area contributed by atoms with Crippen molar-refractivity contribution in [2.24, 2.45) is 11.3 Å². The van der Waals surface area contributed by atoms with Crippen LogP contribution in [0.2, 0.25) is 5.02 Å². The number of allylic oxidation sites excluding steroid dienone is 1. The van der Waals surface area contributed by atoms with Crippen LogP contribution < -0.4 is 5.73 Å². The molecular formula is C24H32ClN. The summed E-state index contributed by atoms with van der Waals surface area (Å²) in [6.45, 7) is 17.7. The predicted molar refractivity (Wildman–Crippen MR) is 117 cm³/mol. The molecule has 0 aliphatic carbocycles. The summed E-state index contributed by atoms with van der Waals surface area (Å²) in [5, 5.41) is 0.697. The summed E-state index contributed by atoms with van der Waals surface area (Å²) in [6, 6.07) is 12.5. The van der Waals surface area contributed by atoms with Gasteiger partial charge in [0.2, 0.25) is 0 Å². The first-order valence-corrected chi connectivity index (χ1v) is 9.70. The van der Waals surface area contributed by atoms with Gasteiger partial charge in [-0.3, -0.25) is 0 Å². The van der Waals surface area contributed by atoms with Crippen LogP contribution in [0.1, 0.15) is 52.2 Å². The fraction of sp³-hybridized carbons (Fsp3) is 0.417. The second kappa shape index (κ2) is 7.48. The van der Waals surface area contributed by atoms with Gasteiger partial charge in [0.15, 0.2) is 0 Å². The fourth-order valence-corrected chi connectivity index (χ4v) is 4.29. The van der Waals surface area contributed by atoms with E-state index in [1.54, 1.807) is 0 Å². The molecule has 140 valence electrons. The molecule has 0 aromatic heterocycles. The number of anilines is 1. The van der Waals surface area contributed by atoms with Gasteiger partial charge in [-0.05, 0) is 47.9 Å². The summed E-state index contributed by atoms with van der Waals surface area (Å²) < 4.78 is 0. The molecule has 0 amide bonds. The van der Waals surface area contributed by atoms with E-state index in [4.69, 9.17) is 17.3 Å². The Labute approximate surface area is 164 Å². The van der Waals surface area contributed by atoms with Gasteiger partial charge in [-0.1, -0.05) is 82.1 Å². The van der Waals surface area contributed by atoms with E-state index >= 15 is 0 Å². The summed E-state index contributed by atoms with van der Waals surface area (Å²) in [6.07, 6.45) is 3.09. The van der Waals surface area contributed by atoms with Gasteiger partial charge in [0, 0.05) is 16.7 Å². The Morgan fingerprint density at radius 2 is 1.69 bits per heavy atom. The summed E-state index contributed by atoms with van der Waals surface area (Å²) in [4.78, 5) is 0. The topological polar surface area (TPSA) is 26.0 Å². The Morgan fingerprint density at radius 3 is 2.15 bits per heavy atom. The number of nitrogen functional groups attached to an aromatic ring is 1. The van der Waals surface area contributed by atoms with Crippen LogP contribution in [0.15, 0.2) is 49.1 Å². The van der Waals surface area contributed by atoms with Gasteiger partial charge in [-0.25, -0.2) is 0 Å². The maximum atomic E-state index is 6.74. The maximum Gasteiger partial charge on any atom is 0.0507 e. The number of hydrogen-bond acceptors (Lipinski definition) is 1. The zero-order valence-corrected chi connectivity index (χ0v) is 17.7. The molecule has 1 atom stereocenters. The quantitative estimate of drug-likeness (QED) is 0.430. The van der Waals surface area contributed by atoms with E-state index in [0.717, 1.165) is 17.5 Å². The lowest BCUT2D eigenvalue weighted by Crippen LogP contribution is -2.40. The van der Waals surface area contributed by atoms with Crippen molar-refractivity contribution in [1.29, 1.82) is 0 Å². The third-order valence-corrected chi connectivity index (χ3v) is 5.65. The molecule has 2 N–H and O–H groups in total. The molecular weight excluding hydrogens is 338 g/mol. The molecule has 2 heteroatoms. The summed E-state index contributed by atoms with van der Waals surface area (Å²) in [7, 11) is 0. The highest BCUT2D eigenvalue weighted by atomic mass is 35.5. The minimum Gasteiger partial charge on any atom is -0.399 e. The van der Waals surface area contributed by atoms with Gasteiger partial charge in [0.1, 0.15) is 0 Å². The molecule has 0 saturated carbocycles. The average Bonchev–Trinajstić information content (AvgIpc) is 2.51. The number of nitrogens with two attached hydrogens (primary N) is 1. The number of halogens is 1. The zero-order valence-electron chi connectivity index (χ0n) is 17.0. The highest BCUT2D eigenvalue weighted by Gasteiger charge is 2.43. The molecule has 0 heterocycles. The van der Waals surface area contributed by atoms with E-state index in [9.17, 15) is 0 Å². The van der Waals surface area contributed by atoms with Crippen molar-refractivity contribution in [3.63, 3.8) is 0 Å². The Balaban J connectivity index is 2.88. The van der Waals surface area contributed by atoms with Crippen molar-refractivity contribution < 1.29 is 0 Å². The first-order chi connectivity index (χ1) is 12.0. The molecule has 0 aliphatic heterocycles. The molecule has 0 spiro atoms. The highest BCUT2D eigenvalue weighted by Crippen LogP contribution is 2.52. The Morgan fingerprint density at radius 1 is 1.12 bits per heavy atom. The van der Waals surface area contributed by atoms with Gasteiger partial charge < -0.3 is 5.73 Å². The van der Waals surface area contributed by atoms with E-state index in [0.29, 0.717) is 16.6 Å². The number of aryl methyl sites for hydroxylation is 1. The first-order valence-electron chi connectivity index (χ1n) is 9.32.